The fraction of sp³-hybridized carbons (Fsp3) is 0.190. The smallest absolute Gasteiger partial charge is 0.266 e. The van der Waals surface area contributed by atoms with Crippen LogP contribution >= 0.6 is 24.0 Å². The molecule has 0 radical (unpaired) electrons. The van der Waals surface area contributed by atoms with Crippen LogP contribution in [0.4, 0.5) is 5.69 Å². The molecule has 1 aliphatic rings. The highest BCUT2D eigenvalue weighted by Gasteiger charge is 2.37. The zero-order valence-corrected chi connectivity index (χ0v) is 17.1. The zero-order valence-electron chi connectivity index (χ0n) is 15.5. The highest BCUT2D eigenvalue weighted by atomic mass is 32.2. The first-order chi connectivity index (χ1) is 13.4. The molecule has 0 aliphatic carbocycles. The number of hydrogen-bond acceptors (Lipinski definition) is 6. The third-order valence-corrected chi connectivity index (χ3v) is 5.72. The lowest BCUT2D eigenvalue weighted by Gasteiger charge is -2.27. The Bertz CT molecular complexity index is 924. The molecule has 0 saturated carbocycles. The Morgan fingerprint density at radius 2 is 1.82 bits per heavy atom. The molecule has 0 spiro atoms. The van der Waals surface area contributed by atoms with Crippen LogP contribution in [0.5, 0.6) is 0 Å². The first-order valence-electron chi connectivity index (χ1n) is 8.66. The Labute approximate surface area is 173 Å². The van der Waals surface area contributed by atoms with E-state index in [1.54, 1.807) is 6.08 Å². The number of thiocarbonyl (C=S) groups is 1. The number of thioether (sulfide) groups is 1. The van der Waals surface area contributed by atoms with E-state index >= 15 is 0 Å². The van der Waals surface area contributed by atoms with Crippen LogP contribution in [0.25, 0.3) is 6.08 Å². The van der Waals surface area contributed by atoms with Crippen LogP contribution in [0.15, 0.2) is 59.5 Å². The number of nitrogens with zero attached hydrogens (tertiary/aromatic N) is 2. The van der Waals surface area contributed by atoms with E-state index < -0.39 is 17.9 Å². The van der Waals surface area contributed by atoms with E-state index in [9.17, 15) is 14.7 Å². The van der Waals surface area contributed by atoms with Crippen molar-refractivity contribution in [2.24, 2.45) is 0 Å². The molecule has 2 aromatic rings. The van der Waals surface area contributed by atoms with E-state index in [1.165, 1.54) is 0 Å². The summed E-state index contributed by atoms with van der Waals surface area (Å²) in [6.07, 6.45) is 1.87. The highest BCUT2D eigenvalue weighted by Crippen LogP contribution is 2.34. The maximum atomic E-state index is 12.9. The van der Waals surface area contributed by atoms with Crippen molar-refractivity contribution in [3.05, 3.63) is 70.6 Å². The zero-order chi connectivity index (χ0) is 20.3. The summed E-state index contributed by atoms with van der Waals surface area (Å²) >= 11 is 6.42. The average molecular weight is 412 g/mol. The number of amides is 1. The van der Waals surface area contributed by atoms with E-state index in [-0.39, 0.29) is 10.7 Å². The van der Waals surface area contributed by atoms with Crippen LogP contribution in [0.3, 0.4) is 0 Å². The van der Waals surface area contributed by atoms with Crippen molar-refractivity contribution in [2.45, 2.75) is 12.5 Å². The normalized spacial score (nSPS) is 16.5. The van der Waals surface area contributed by atoms with Crippen molar-refractivity contribution in [1.29, 1.82) is 0 Å². The Balaban J connectivity index is 1.84. The Morgan fingerprint density at radius 3 is 2.39 bits per heavy atom. The van der Waals surface area contributed by atoms with Gasteiger partial charge >= 0.3 is 0 Å². The van der Waals surface area contributed by atoms with Crippen LogP contribution in [-0.4, -0.2) is 41.2 Å². The van der Waals surface area contributed by atoms with Crippen LogP contribution in [-0.2, 0) is 16.0 Å². The second-order valence-corrected chi connectivity index (χ2v) is 8.24. The lowest BCUT2D eigenvalue weighted by molar-refractivity contribution is -0.310. The van der Waals surface area contributed by atoms with E-state index in [4.69, 9.17) is 12.2 Å². The molecule has 28 heavy (non-hydrogen) atoms. The van der Waals surface area contributed by atoms with Crippen LogP contribution in [0.1, 0.15) is 11.1 Å². The second-order valence-electron chi connectivity index (χ2n) is 6.56. The van der Waals surface area contributed by atoms with Gasteiger partial charge in [-0.2, -0.15) is 0 Å². The molecule has 1 fully saturated rings. The van der Waals surface area contributed by atoms with Crippen LogP contribution < -0.4 is 10.0 Å². The number of carboxylic acid groups (broad SMARTS) is 1. The van der Waals surface area contributed by atoms with Gasteiger partial charge in [-0.25, -0.2) is 0 Å². The molecular formula is C21H19N2O3S2-. The van der Waals surface area contributed by atoms with Crippen molar-refractivity contribution >= 4 is 51.9 Å². The highest BCUT2D eigenvalue weighted by molar-refractivity contribution is 8.26. The Hall–Kier alpha value is -2.64. The molecule has 2 aromatic carbocycles. The number of carbonyl (C=O) groups is 2. The summed E-state index contributed by atoms with van der Waals surface area (Å²) < 4.78 is 0.228. The monoisotopic (exact) mass is 411 g/mol. The summed E-state index contributed by atoms with van der Waals surface area (Å²) in [5, 5.41) is 11.8. The van der Waals surface area contributed by atoms with Gasteiger partial charge in [0.25, 0.3) is 5.91 Å². The van der Waals surface area contributed by atoms with Gasteiger partial charge in [0.15, 0.2) is 0 Å². The number of aliphatic carboxylic acids is 1. The molecule has 7 heteroatoms. The van der Waals surface area contributed by atoms with E-state index in [2.05, 4.69) is 0 Å². The van der Waals surface area contributed by atoms with Crippen molar-refractivity contribution < 1.29 is 14.7 Å². The number of anilines is 1. The maximum Gasteiger partial charge on any atom is 0.266 e. The minimum Gasteiger partial charge on any atom is -0.548 e. The molecule has 0 aromatic heterocycles. The van der Waals surface area contributed by atoms with Crippen LogP contribution in [0.2, 0.25) is 0 Å². The Kier molecular flexibility index (Phi) is 6.16. The van der Waals surface area contributed by atoms with Gasteiger partial charge in [0.05, 0.1) is 16.9 Å². The predicted octanol–water partition coefficient (Wildman–Crippen LogP) is 2.31. The van der Waals surface area contributed by atoms with Gasteiger partial charge in [-0.3, -0.25) is 9.69 Å². The summed E-state index contributed by atoms with van der Waals surface area (Å²) in [5.74, 6) is -1.73. The van der Waals surface area contributed by atoms with Crippen molar-refractivity contribution in [3.8, 4) is 0 Å². The lowest BCUT2D eigenvalue weighted by atomic mass is 10.0. The van der Waals surface area contributed by atoms with Gasteiger partial charge in [0.2, 0.25) is 0 Å². The van der Waals surface area contributed by atoms with Gasteiger partial charge in [0, 0.05) is 19.8 Å². The quantitative estimate of drug-likeness (QED) is 0.537. The first kappa shape index (κ1) is 20.1. The average Bonchev–Trinajstić information content (AvgIpc) is 2.94. The fourth-order valence-electron chi connectivity index (χ4n) is 2.89. The summed E-state index contributed by atoms with van der Waals surface area (Å²) in [7, 11) is 3.90. The number of carboxylic acids is 1. The summed E-state index contributed by atoms with van der Waals surface area (Å²) in [4.78, 5) is 28.2. The fourth-order valence-corrected chi connectivity index (χ4v) is 4.24. The van der Waals surface area contributed by atoms with E-state index in [1.807, 2.05) is 73.6 Å². The van der Waals surface area contributed by atoms with Gasteiger partial charge in [-0.15, -0.1) is 0 Å². The number of benzene rings is 2. The molecule has 1 aliphatic heterocycles. The predicted molar refractivity (Wildman–Crippen MR) is 115 cm³/mol. The molecule has 0 unspecified atom stereocenters. The van der Waals surface area contributed by atoms with Crippen LogP contribution in [0, 0.1) is 0 Å². The summed E-state index contributed by atoms with van der Waals surface area (Å²) in [6.45, 7) is 0. The van der Waals surface area contributed by atoms with Gasteiger partial charge in [-0.1, -0.05) is 66.4 Å². The van der Waals surface area contributed by atoms with Crippen molar-refractivity contribution in [3.63, 3.8) is 0 Å². The molecule has 5 nitrogen and oxygen atoms in total. The minimum absolute atomic E-state index is 0.139. The van der Waals surface area contributed by atoms with E-state index in [0.29, 0.717) is 4.91 Å². The molecule has 144 valence electrons. The van der Waals surface area contributed by atoms with Gasteiger partial charge in [-0.05, 0) is 35.8 Å². The van der Waals surface area contributed by atoms with Gasteiger partial charge < -0.3 is 14.8 Å². The first-order valence-corrected chi connectivity index (χ1v) is 9.88. The third-order valence-electron chi connectivity index (χ3n) is 4.39. The molecule has 0 N–H and O–H groups in total. The number of hydrogen-bond donors (Lipinski definition) is 0. The Morgan fingerprint density at radius 1 is 1.18 bits per heavy atom. The standard InChI is InChI=1S/C21H20N2O3S2/c1-22(2)16-10-8-15(9-11-16)13-18-19(24)23(21(27)28-18)17(20(25)26)12-14-6-4-3-5-7-14/h3-11,13,17H,12H2,1-2H3,(H,25,26)/p-1/b18-13+/t17-/m0/s1. The van der Waals surface area contributed by atoms with Crippen molar-refractivity contribution in [2.75, 3.05) is 19.0 Å². The number of carbonyl (C=O) groups excluding carboxylic acids is 2. The van der Waals surface area contributed by atoms with E-state index in [0.717, 1.165) is 33.5 Å². The summed E-state index contributed by atoms with van der Waals surface area (Å²) in [6, 6.07) is 15.7. The second kappa shape index (κ2) is 8.58. The summed E-state index contributed by atoms with van der Waals surface area (Å²) in [5.41, 5.74) is 2.69. The molecule has 1 heterocycles. The molecule has 3 rings (SSSR count). The number of rotatable bonds is 6. The lowest BCUT2D eigenvalue weighted by Crippen LogP contribution is -2.51. The molecule has 1 atom stereocenters. The van der Waals surface area contributed by atoms with Crippen molar-refractivity contribution in [1.82, 2.24) is 4.90 Å². The maximum absolute atomic E-state index is 12.9. The third kappa shape index (κ3) is 4.43. The molecular weight excluding hydrogens is 392 g/mol. The molecule has 0 bridgehead atoms. The molecule has 1 amide bonds. The SMILES string of the molecule is CN(C)c1ccc(/C=C2/SC(=S)N([C@@H](Cc3ccccc3)C(=O)[O-])C2=O)cc1. The largest absolute Gasteiger partial charge is 0.548 e. The molecule has 1 saturated heterocycles. The minimum atomic E-state index is -1.32. The topological polar surface area (TPSA) is 63.7 Å². The van der Waals surface area contributed by atoms with Gasteiger partial charge in [0.1, 0.15) is 4.32 Å².